The zero-order valence-corrected chi connectivity index (χ0v) is 12.2. The van der Waals surface area contributed by atoms with Crippen LogP contribution in [0.1, 0.15) is 16.8 Å². The summed E-state index contributed by atoms with van der Waals surface area (Å²) in [5, 5.41) is 2.55. The molecule has 0 spiro atoms. The van der Waals surface area contributed by atoms with E-state index in [1.165, 1.54) is 6.07 Å². The lowest BCUT2D eigenvalue weighted by molar-refractivity contribution is 0.141. The van der Waals surface area contributed by atoms with Crippen LogP contribution in [0, 0.1) is 18.8 Å². The third-order valence-electron chi connectivity index (χ3n) is 2.87. The largest absolute Gasteiger partial charge is 0.445 e. The highest BCUT2D eigenvalue weighted by Crippen LogP contribution is 2.00. The summed E-state index contributed by atoms with van der Waals surface area (Å²) in [6, 6.07) is 12.5. The van der Waals surface area contributed by atoms with Gasteiger partial charge in [0.05, 0.1) is 6.54 Å². The minimum absolute atomic E-state index is 0.161. The third-order valence-corrected chi connectivity index (χ3v) is 2.87. The Kier molecular flexibility index (Phi) is 5.38. The number of pyridine rings is 1. The second-order valence-corrected chi connectivity index (χ2v) is 4.58. The third kappa shape index (κ3) is 4.84. The van der Waals surface area contributed by atoms with Gasteiger partial charge in [0.2, 0.25) is 5.56 Å². The van der Waals surface area contributed by atoms with Gasteiger partial charge in [-0.25, -0.2) is 4.79 Å². The fraction of sp³-hybridized carbons (Fsp3) is 0.176. The van der Waals surface area contributed by atoms with Crippen LogP contribution in [-0.2, 0) is 11.3 Å². The SMILES string of the molecule is Cc1[nH]c(=O)ccc1C#CCNC(=O)OCc1ccccc1. The number of benzene rings is 1. The van der Waals surface area contributed by atoms with Gasteiger partial charge in [-0.15, -0.1) is 0 Å². The van der Waals surface area contributed by atoms with Crippen LogP contribution in [0.4, 0.5) is 4.79 Å². The van der Waals surface area contributed by atoms with Crippen molar-refractivity contribution in [2.45, 2.75) is 13.5 Å². The summed E-state index contributed by atoms with van der Waals surface area (Å²) >= 11 is 0. The van der Waals surface area contributed by atoms with Gasteiger partial charge in [-0.05, 0) is 18.6 Å². The van der Waals surface area contributed by atoms with Gasteiger partial charge in [0, 0.05) is 17.3 Å². The Bertz CT molecular complexity index is 755. The van der Waals surface area contributed by atoms with Gasteiger partial charge in [-0.2, -0.15) is 0 Å². The molecule has 0 radical (unpaired) electrons. The quantitative estimate of drug-likeness (QED) is 0.851. The monoisotopic (exact) mass is 296 g/mol. The van der Waals surface area contributed by atoms with Gasteiger partial charge >= 0.3 is 6.09 Å². The maximum Gasteiger partial charge on any atom is 0.408 e. The van der Waals surface area contributed by atoms with Crippen molar-refractivity contribution in [1.29, 1.82) is 0 Å². The molecular formula is C17H16N2O3. The number of carbonyl (C=O) groups is 1. The number of carbonyl (C=O) groups excluding carboxylic acids is 1. The van der Waals surface area contributed by atoms with Gasteiger partial charge in [-0.3, -0.25) is 4.79 Å². The summed E-state index contributed by atoms with van der Waals surface area (Å²) in [7, 11) is 0. The highest BCUT2D eigenvalue weighted by atomic mass is 16.5. The number of aryl methyl sites for hydroxylation is 1. The van der Waals surface area contributed by atoms with Crippen LogP contribution in [-0.4, -0.2) is 17.6 Å². The van der Waals surface area contributed by atoms with Crippen LogP contribution in [0.15, 0.2) is 47.3 Å². The number of hydrogen-bond acceptors (Lipinski definition) is 3. The minimum Gasteiger partial charge on any atom is -0.445 e. The summed E-state index contributed by atoms with van der Waals surface area (Å²) in [4.78, 5) is 25.2. The maximum atomic E-state index is 11.5. The topological polar surface area (TPSA) is 71.2 Å². The van der Waals surface area contributed by atoms with Crippen molar-refractivity contribution in [3.05, 3.63) is 69.6 Å². The molecule has 0 saturated carbocycles. The summed E-state index contributed by atoms with van der Waals surface area (Å²) < 4.78 is 5.05. The van der Waals surface area contributed by atoms with Gasteiger partial charge in [-0.1, -0.05) is 42.2 Å². The van der Waals surface area contributed by atoms with E-state index in [4.69, 9.17) is 4.74 Å². The average molecular weight is 296 g/mol. The van der Waals surface area contributed by atoms with Gasteiger partial charge in [0.15, 0.2) is 0 Å². The molecule has 5 nitrogen and oxygen atoms in total. The van der Waals surface area contributed by atoms with Gasteiger partial charge < -0.3 is 15.0 Å². The number of alkyl carbamates (subject to hydrolysis) is 1. The fourth-order valence-corrected chi connectivity index (χ4v) is 1.74. The lowest BCUT2D eigenvalue weighted by Crippen LogP contribution is -2.24. The predicted octanol–water partition coefficient (Wildman–Crippen LogP) is 1.96. The minimum atomic E-state index is -0.517. The molecule has 0 aliphatic heterocycles. The second-order valence-electron chi connectivity index (χ2n) is 4.58. The van der Waals surface area contributed by atoms with E-state index in [0.717, 1.165) is 11.1 Å². The molecule has 1 heterocycles. The first-order valence-electron chi connectivity index (χ1n) is 6.78. The van der Waals surface area contributed by atoms with Crippen molar-refractivity contribution in [3.63, 3.8) is 0 Å². The van der Waals surface area contributed by atoms with E-state index >= 15 is 0 Å². The Hall–Kier alpha value is -3.00. The van der Waals surface area contributed by atoms with E-state index in [0.29, 0.717) is 5.69 Å². The first-order valence-corrected chi connectivity index (χ1v) is 6.78. The van der Waals surface area contributed by atoms with Crippen molar-refractivity contribution in [2.24, 2.45) is 0 Å². The zero-order valence-electron chi connectivity index (χ0n) is 12.2. The molecule has 0 bridgehead atoms. The van der Waals surface area contributed by atoms with Crippen molar-refractivity contribution in [1.82, 2.24) is 10.3 Å². The van der Waals surface area contributed by atoms with Crippen LogP contribution in [0.2, 0.25) is 0 Å². The molecule has 112 valence electrons. The van der Waals surface area contributed by atoms with E-state index in [9.17, 15) is 9.59 Å². The molecule has 0 fully saturated rings. The first kappa shape index (κ1) is 15.4. The maximum absolute atomic E-state index is 11.5. The van der Waals surface area contributed by atoms with E-state index in [-0.39, 0.29) is 18.7 Å². The lowest BCUT2D eigenvalue weighted by atomic mass is 10.2. The summed E-state index contributed by atoms with van der Waals surface area (Å²) in [5.74, 6) is 5.69. The Morgan fingerprint density at radius 2 is 2.00 bits per heavy atom. The second kappa shape index (κ2) is 7.70. The molecule has 1 aromatic carbocycles. The van der Waals surface area contributed by atoms with Crippen LogP contribution in [0.25, 0.3) is 0 Å². The number of aromatic amines is 1. The normalized spacial score (nSPS) is 9.50. The standard InChI is InChI=1S/C17H16N2O3/c1-13-15(9-10-16(20)19-13)8-5-11-18-17(21)22-12-14-6-3-2-4-7-14/h2-4,6-7,9-10H,11-12H2,1H3,(H,18,21)(H,19,20). The summed E-state index contributed by atoms with van der Waals surface area (Å²) in [6.07, 6.45) is -0.517. The summed E-state index contributed by atoms with van der Waals surface area (Å²) in [5.41, 5.74) is 2.18. The Morgan fingerprint density at radius 1 is 1.23 bits per heavy atom. The average Bonchev–Trinajstić information content (AvgIpc) is 2.52. The van der Waals surface area contributed by atoms with Gasteiger partial charge in [0.25, 0.3) is 0 Å². The number of ether oxygens (including phenoxy) is 1. The fourth-order valence-electron chi connectivity index (χ4n) is 1.74. The van der Waals surface area contributed by atoms with E-state index < -0.39 is 6.09 Å². The Balaban J connectivity index is 1.78. The number of aromatic nitrogens is 1. The van der Waals surface area contributed by atoms with Crippen molar-refractivity contribution in [2.75, 3.05) is 6.54 Å². The number of rotatable bonds is 3. The summed E-state index contributed by atoms with van der Waals surface area (Å²) in [6.45, 7) is 2.16. The molecule has 0 saturated heterocycles. The smallest absolute Gasteiger partial charge is 0.408 e. The van der Waals surface area contributed by atoms with Crippen molar-refractivity contribution < 1.29 is 9.53 Å². The highest BCUT2D eigenvalue weighted by Gasteiger charge is 2.00. The van der Waals surface area contributed by atoms with Crippen molar-refractivity contribution in [3.8, 4) is 11.8 Å². The molecule has 1 aromatic heterocycles. The molecule has 2 aromatic rings. The van der Waals surface area contributed by atoms with Crippen molar-refractivity contribution >= 4 is 6.09 Å². The number of H-pyrrole nitrogens is 1. The van der Waals surface area contributed by atoms with Crippen LogP contribution in [0.5, 0.6) is 0 Å². The predicted molar refractivity (Wildman–Crippen MR) is 83.3 cm³/mol. The highest BCUT2D eigenvalue weighted by molar-refractivity contribution is 5.67. The Morgan fingerprint density at radius 3 is 2.73 bits per heavy atom. The zero-order chi connectivity index (χ0) is 15.8. The van der Waals surface area contributed by atoms with Gasteiger partial charge in [0.1, 0.15) is 6.61 Å². The number of amides is 1. The molecule has 2 rings (SSSR count). The van der Waals surface area contributed by atoms with Crippen LogP contribution in [0.3, 0.4) is 0 Å². The number of hydrogen-bond donors (Lipinski definition) is 2. The van der Waals surface area contributed by atoms with Crippen LogP contribution >= 0.6 is 0 Å². The molecule has 0 aliphatic carbocycles. The van der Waals surface area contributed by atoms with E-state index in [2.05, 4.69) is 22.1 Å². The molecule has 1 amide bonds. The van der Waals surface area contributed by atoms with Crippen LogP contribution < -0.4 is 10.9 Å². The Labute approximate surface area is 128 Å². The molecule has 2 N–H and O–H groups in total. The molecule has 0 aliphatic rings. The first-order chi connectivity index (χ1) is 10.6. The van der Waals surface area contributed by atoms with E-state index in [1.54, 1.807) is 13.0 Å². The molecular weight excluding hydrogens is 280 g/mol. The van der Waals surface area contributed by atoms with E-state index in [1.807, 2.05) is 30.3 Å². The molecule has 5 heteroatoms. The molecule has 0 unspecified atom stereocenters. The number of nitrogens with one attached hydrogen (secondary N) is 2. The molecule has 0 atom stereocenters. The molecule has 22 heavy (non-hydrogen) atoms. The lowest BCUT2D eigenvalue weighted by Gasteiger charge is -2.04.